The number of hydrogen-bond donors (Lipinski definition) is 2. The highest BCUT2D eigenvalue weighted by Gasteiger charge is 2.34. The number of halogens is 3. The van der Waals surface area contributed by atoms with Gasteiger partial charge in [-0.1, -0.05) is 18.2 Å². The molecule has 1 aliphatic carbocycles. The quantitative estimate of drug-likeness (QED) is 0.546. The highest BCUT2D eigenvalue weighted by atomic mass is 19.4. The smallest absolute Gasteiger partial charge is 0.416 e. The Balaban J connectivity index is 0.000000233. The molecule has 0 saturated heterocycles. The number of alkyl halides is 3. The van der Waals surface area contributed by atoms with E-state index < -0.39 is 39.7 Å². The molecule has 1 aromatic carbocycles. The third kappa shape index (κ3) is 5.78. The molecule has 164 valence electrons. The van der Waals surface area contributed by atoms with Crippen LogP contribution in [0.1, 0.15) is 18.9 Å². The summed E-state index contributed by atoms with van der Waals surface area (Å²) in [6, 6.07) is 3.83. The van der Waals surface area contributed by atoms with E-state index in [1.807, 2.05) is 0 Å². The van der Waals surface area contributed by atoms with Gasteiger partial charge in [-0.25, -0.2) is 9.48 Å². The summed E-state index contributed by atoms with van der Waals surface area (Å²) >= 11 is 0. The van der Waals surface area contributed by atoms with Crippen LogP contribution in [-0.2, 0) is 15.8 Å². The monoisotopic (exact) mass is 439 g/mol. The van der Waals surface area contributed by atoms with E-state index in [-0.39, 0.29) is 17.7 Å². The Morgan fingerprint density at radius 3 is 2.42 bits per heavy atom. The lowest BCUT2D eigenvalue weighted by molar-refractivity contribution is -0.385. The standard InChI is InChI=1S/C10H6F3N3O2.C9H10O4/c11-10(12,13)7-4-8(15-3-1-2-14-15)6-9(5-7)16(17)18;1-9(8(12)13)4-2-3-6(5-9)7(10)11/h1-6H;2-4H,5H2,1H3,(H,10,11)(H,12,13). The summed E-state index contributed by atoms with van der Waals surface area (Å²) in [5.74, 6) is -2.06. The summed E-state index contributed by atoms with van der Waals surface area (Å²) in [6.07, 6.45) is 2.56. The second kappa shape index (κ2) is 8.81. The number of carbonyl (C=O) groups is 2. The molecule has 9 nitrogen and oxygen atoms in total. The molecule has 1 aliphatic rings. The van der Waals surface area contributed by atoms with Crippen molar-refractivity contribution in [3.05, 3.63) is 76.1 Å². The van der Waals surface area contributed by atoms with Crippen molar-refractivity contribution < 1.29 is 37.9 Å². The van der Waals surface area contributed by atoms with Crippen LogP contribution in [0.15, 0.2) is 60.5 Å². The molecule has 0 amide bonds. The predicted octanol–water partition coefficient (Wildman–Crippen LogP) is 3.85. The molecule has 1 aromatic heterocycles. The van der Waals surface area contributed by atoms with Gasteiger partial charge in [0.25, 0.3) is 5.69 Å². The number of nitro benzene ring substituents is 1. The van der Waals surface area contributed by atoms with Gasteiger partial charge < -0.3 is 10.2 Å². The average Bonchev–Trinajstić information content (AvgIpc) is 3.22. The van der Waals surface area contributed by atoms with Crippen molar-refractivity contribution in [1.82, 2.24) is 9.78 Å². The van der Waals surface area contributed by atoms with Crippen LogP contribution in [0.5, 0.6) is 0 Å². The number of hydrogen-bond acceptors (Lipinski definition) is 5. The van der Waals surface area contributed by atoms with Crippen molar-refractivity contribution in [2.75, 3.05) is 0 Å². The molecule has 2 aromatic rings. The molecule has 1 unspecified atom stereocenters. The molecule has 31 heavy (non-hydrogen) atoms. The molecule has 1 atom stereocenters. The fraction of sp³-hybridized carbons (Fsp3) is 0.211. The van der Waals surface area contributed by atoms with Crippen molar-refractivity contribution in [2.45, 2.75) is 19.5 Å². The first kappa shape index (κ1) is 23.3. The summed E-state index contributed by atoms with van der Waals surface area (Å²) in [5.41, 5.74) is -2.67. The Bertz CT molecular complexity index is 1060. The molecule has 0 aliphatic heterocycles. The van der Waals surface area contributed by atoms with Gasteiger partial charge in [-0.05, 0) is 25.5 Å². The molecule has 0 radical (unpaired) electrons. The molecule has 12 heteroatoms. The molecule has 0 fully saturated rings. The van der Waals surface area contributed by atoms with Crippen LogP contribution in [0.2, 0.25) is 0 Å². The van der Waals surface area contributed by atoms with Gasteiger partial charge in [0, 0.05) is 30.1 Å². The van der Waals surface area contributed by atoms with Gasteiger partial charge >= 0.3 is 18.1 Å². The second-order valence-electron chi connectivity index (χ2n) is 6.70. The predicted molar refractivity (Wildman–Crippen MR) is 100 cm³/mol. The van der Waals surface area contributed by atoms with E-state index >= 15 is 0 Å². The molecule has 2 N–H and O–H groups in total. The molecule has 0 saturated carbocycles. The number of carboxylic acid groups (broad SMARTS) is 2. The Kier molecular flexibility index (Phi) is 6.63. The summed E-state index contributed by atoms with van der Waals surface area (Å²) in [4.78, 5) is 31.1. The molecular formula is C19H16F3N3O6. The molecule has 3 rings (SSSR count). The zero-order valence-corrected chi connectivity index (χ0v) is 15.9. The van der Waals surface area contributed by atoms with Gasteiger partial charge in [-0.3, -0.25) is 14.9 Å². The zero-order valence-electron chi connectivity index (χ0n) is 15.9. The van der Waals surface area contributed by atoms with Gasteiger partial charge in [0.1, 0.15) is 0 Å². The van der Waals surface area contributed by atoms with E-state index in [2.05, 4.69) is 5.10 Å². The van der Waals surface area contributed by atoms with Crippen molar-refractivity contribution in [1.29, 1.82) is 0 Å². The number of aliphatic carboxylic acids is 2. The first-order valence-electron chi connectivity index (χ1n) is 8.55. The van der Waals surface area contributed by atoms with Crippen molar-refractivity contribution in [3.8, 4) is 5.69 Å². The minimum absolute atomic E-state index is 0.0125. The van der Waals surface area contributed by atoms with Crippen LogP contribution in [0.4, 0.5) is 18.9 Å². The number of aromatic nitrogens is 2. The maximum atomic E-state index is 12.6. The van der Waals surface area contributed by atoms with Crippen LogP contribution in [-0.4, -0.2) is 36.9 Å². The first-order chi connectivity index (χ1) is 14.3. The average molecular weight is 439 g/mol. The highest BCUT2D eigenvalue weighted by Crippen LogP contribution is 2.33. The van der Waals surface area contributed by atoms with Gasteiger partial charge in [0.05, 0.1) is 21.6 Å². The lowest BCUT2D eigenvalue weighted by Crippen LogP contribution is -2.28. The van der Waals surface area contributed by atoms with Gasteiger partial charge in [-0.2, -0.15) is 18.3 Å². The fourth-order valence-electron chi connectivity index (χ4n) is 2.60. The Morgan fingerprint density at radius 1 is 1.26 bits per heavy atom. The molecule has 0 bridgehead atoms. The van der Waals surface area contributed by atoms with Crippen LogP contribution in [0.3, 0.4) is 0 Å². The normalized spacial score (nSPS) is 17.9. The van der Waals surface area contributed by atoms with Crippen LogP contribution < -0.4 is 0 Å². The van der Waals surface area contributed by atoms with Crippen LogP contribution >= 0.6 is 0 Å². The SMILES string of the molecule is CC1(C(=O)O)C=CC=C(C(=O)O)C1.O=[N+]([O-])c1cc(-n2cccn2)cc(C(F)(F)F)c1. The lowest BCUT2D eigenvalue weighted by Gasteiger charge is -2.23. The Labute approximate surface area is 172 Å². The Hall–Kier alpha value is -3.96. The van der Waals surface area contributed by atoms with E-state index in [0.29, 0.717) is 6.07 Å². The summed E-state index contributed by atoms with van der Waals surface area (Å²) in [6.45, 7) is 1.50. The number of nitro groups is 1. The van der Waals surface area contributed by atoms with E-state index in [1.165, 1.54) is 43.6 Å². The summed E-state index contributed by atoms with van der Waals surface area (Å²) in [5, 5.41) is 31.8. The number of allylic oxidation sites excluding steroid dienone is 2. The number of benzene rings is 1. The maximum absolute atomic E-state index is 12.6. The summed E-state index contributed by atoms with van der Waals surface area (Å²) in [7, 11) is 0. The fourth-order valence-corrected chi connectivity index (χ4v) is 2.60. The number of non-ortho nitro benzene ring substituents is 1. The van der Waals surface area contributed by atoms with E-state index in [0.717, 1.165) is 16.8 Å². The van der Waals surface area contributed by atoms with Gasteiger partial charge in [0.15, 0.2) is 0 Å². The van der Waals surface area contributed by atoms with Crippen LogP contribution in [0, 0.1) is 15.5 Å². The van der Waals surface area contributed by atoms with Crippen molar-refractivity contribution in [2.24, 2.45) is 5.41 Å². The topological polar surface area (TPSA) is 136 Å². The highest BCUT2D eigenvalue weighted by molar-refractivity contribution is 5.90. The largest absolute Gasteiger partial charge is 0.481 e. The van der Waals surface area contributed by atoms with E-state index in [1.54, 1.807) is 0 Å². The van der Waals surface area contributed by atoms with E-state index in [9.17, 15) is 32.9 Å². The van der Waals surface area contributed by atoms with Crippen molar-refractivity contribution >= 4 is 17.6 Å². The molecule has 1 heterocycles. The summed E-state index contributed by atoms with van der Waals surface area (Å²) < 4.78 is 38.9. The number of carboxylic acids is 2. The molecule has 0 spiro atoms. The van der Waals surface area contributed by atoms with Gasteiger partial charge in [-0.15, -0.1) is 0 Å². The number of rotatable bonds is 4. The molecular weight excluding hydrogens is 423 g/mol. The van der Waals surface area contributed by atoms with Crippen molar-refractivity contribution in [3.63, 3.8) is 0 Å². The van der Waals surface area contributed by atoms with Gasteiger partial charge in [0.2, 0.25) is 0 Å². The zero-order chi connectivity index (χ0) is 23.4. The third-order valence-corrected chi connectivity index (χ3v) is 4.29. The minimum Gasteiger partial charge on any atom is -0.481 e. The minimum atomic E-state index is -4.64. The second-order valence-corrected chi connectivity index (χ2v) is 6.70. The Morgan fingerprint density at radius 2 is 1.94 bits per heavy atom. The van der Waals surface area contributed by atoms with Crippen LogP contribution in [0.25, 0.3) is 5.69 Å². The van der Waals surface area contributed by atoms with E-state index in [4.69, 9.17) is 10.2 Å². The maximum Gasteiger partial charge on any atom is 0.416 e. The lowest BCUT2D eigenvalue weighted by atomic mass is 9.80. The third-order valence-electron chi connectivity index (χ3n) is 4.29. The first-order valence-corrected chi connectivity index (χ1v) is 8.55. The number of nitrogens with zero attached hydrogens (tertiary/aromatic N) is 3.